The van der Waals surface area contributed by atoms with Crippen LogP contribution in [0.3, 0.4) is 0 Å². The smallest absolute Gasteiger partial charge is 0.244 e. The van der Waals surface area contributed by atoms with Crippen LogP contribution in [-0.4, -0.2) is 16.9 Å². The van der Waals surface area contributed by atoms with Gasteiger partial charge in [-0.15, -0.1) is 11.3 Å². The van der Waals surface area contributed by atoms with Crippen LogP contribution >= 0.6 is 11.3 Å². The number of thiazole rings is 1. The summed E-state index contributed by atoms with van der Waals surface area (Å²) in [6.07, 6.45) is 6.70. The van der Waals surface area contributed by atoms with Gasteiger partial charge >= 0.3 is 0 Å². The van der Waals surface area contributed by atoms with Crippen molar-refractivity contribution < 1.29 is 4.79 Å². The Kier molecular flexibility index (Phi) is 3.85. The lowest BCUT2D eigenvalue weighted by Crippen LogP contribution is -2.32. The zero-order chi connectivity index (χ0) is 13.2. The fourth-order valence-corrected chi connectivity index (χ4v) is 3.01. The van der Waals surface area contributed by atoms with Crippen molar-refractivity contribution in [1.82, 2.24) is 10.3 Å². The number of rotatable bonds is 3. The summed E-state index contributed by atoms with van der Waals surface area (Å²) in [5.74, 6) is -0.0108. The van der Waals surface area contributed by atoms with Gasteiger partial charge in [0, 0.05) is 17.5 Å². The molecule has 1 aromatic rings. The van der Waals surface area contributed by atoms with Gasteiger partial charge in [0.2, 0.25) is 5.91 Å². The molecule has 0 spiro atoms. The highest BCUT2D eigenvalue weighted by molar-refractivity contribution is 7.09. The summed E-state index contributed by atoms with van der Waals surface area (Å²) in [4.78, 5) is 16.1. The molecule has 1 aliphatic rings. The Morgan fingerprint density at radius 2 is 2.39 bits per heavy atom. The molecule has 1 atom stereocenters. The van der Waals surface area contributed by atoms with E-state index in [2.05, 4.69) is 24.1 Å². The van der Waals surface area contributed by atoms with E-state index in [1.165, 1.54) is 6.42 Å². The highest BCUT2D eigenvalue weighted by Gasteiger charge is 2.31. The van der Waals surface area contributed by atoms with E-state index in [0.717, 1.165) is 23.5 Å². The van der Waals surface area contributed by atoms with Crippen molar-refractivity contribution in [2.75, 3.05) is 0 Å². The topological polar surface area (TPSA) is 42.0 Å². The minimum absolute atomic E-state index is 0.0108. The zero-order valence-corrected chi connectivity index (χ0v) is 12.0. The van der Waals surface area contributed by atoms with Crippen LogP contribution < -0.4 is 5.32 Å². The fourth-order valence-electron chi connectivity index (χ4n) is 2.43. The summed E-state index contributed by atoms with van der Waals surface area (Å²) >= 11 is 1.59. The van der Waals surface area contributed by atoms with Gasteiger partial charge in [0.15, 0.2) is 0 Å². The van der Waals surface area contributed by atoms with E-state index in [1.807, 2.05) is 12.3 Å². The van der Waals surface area contributed by atoms with Gasteiger partial charge in [-0.1, -0.05) is 13.8 Å². The Labute approximate surface area is 112 Å². The lowest BCUT2D eigenvalue weighted by Gasteiger charge is -2.17. The van der Waals surface area contributed by atoms with Gasteiger partial charge in [-0.3, -0.25) is 4.79 Å². The van der Waals surface area contributed by atoms with Crippen LogP contribution in [0.5, 0.6) is 0 Å². The van der Waals surface area contributed by atoms with Crippen LogP contribution in [0.25, 0.3) is 6.08 Å². The van der Waals surface area contributed by atoms with Crippen molar-refractivity contribution in [3.63, 3.8) is 0 Å². The first-order valence-corrected chi connectivity index (χ1v) is 7.23. The van der Waals surface area contributed by atoms with Crippen LogP contribution in [0, 0.1) is 12.3 Å². The predicted molar refractivity (Wildman–Crippen MR) is 75.4 cm³/mol. The number of nitrogens with zero attached hydrogens (tertiary/aromatic N) is 1. The highest BCUT2D eigenvalue weighted by atomic mass is 32.1. The number of carbonyl (C=O) groups excluding carboxylic acids is 1. The molecule has 0 saturated heterocycles. The van der Waals surface area contributed by atoms with Gasteiger partial charge in [0.1, 0.15) is 0 Å². The lowest BCUT2D eigenvalue weighted by atomic mass is 9.92. The Morgan fingerprint density at radius 1 is 1.61 bits per heavy atom. The van der Waals surface area contributed by atoms with Crippen molar-refractivity contribution in [3.8, 4) is 0 Å². The second-order valence-electron chi connectivity index (χ2n) is 5.74. The monoisotopic (exact) mass is 264 g/mol. The number of nitrogens with one attached hydrogen (secondary N) is 1. The summed E-state index contributed by atoms with van der Waals surface area (Å²) in [7, 11) is 0. The standard InChI is InChI=1S/C14H20N2OS/c1-10-15-12(9-18-10)4-5-13(17)16-11-6-7-14(2,3)8-11/h4-5,9,11H,6-8H2,1-3H3,(H,16,17)/b5-4+. The summed E-state index contributed by atoms with van der Waals surface area (Å²) in [5.41, 5.74) is 1.23. The number of carbonyl (C=O) groups is 1. The third-order valence-electron chi connectivity index (χ3n) is 3.36. The molecule has 1 heterocycles. The van der Waals surface area contributed by atoms with E-state index in [4.69, 9.17) is 0 Å². The number of hydrogen-bond acceptors (Lipinski definition) is 3. The molecule has 1 fully saturated rings. The largest absolute Gasteiger partial charge is 0.350 e. The van der Waals surface area contributed by atoms with E-state index in [1.54, 1.807) is 23.5 Å². The number of aryl methyl sites for hydroxylation is 1. The van der Waals surface area contributed by atoms with E-state index in [-0.39, 0.29) is 5.91 Å². The Hall–Kier alpha value is -1.16. The van der Waals surface area contributed by atoms with E-state index in [9.17, 15) is 4.79 Å². The molecular formula is C14H20N2OS. The molecule has 1 saturated carbocycles. The minimum atomic E-state index is -0.0108. The van der Waals surface area contributed by atoms with Gasteiger partial charge in [-0.05, 0) is 37.7 Å². The first kappa shape index (κ1) is 13.3. The van der Waals surface area contributed by atoms with Crippen molar-refractivity contribution in [2.45, 2.75) is 46.1 Å². The third kappa shape index (κ3) is 3.67. The van der Waals surface area contributed by atoms with Crippen LogP contribution in [-0.2, 0) is 4.79 Å². The van der Waals surface area contributed by atoms with Crippen molar-refractivity contribution in [1.29, 1.82) is 0 Å². The predicted octanol–water partition coefficient (Wildman–Crippen LogP) is 3.16. The van der Waals surface area contributed by atoms with Crippen molar-refractivity contribution in [2.24, 2.45) is 5.41 Å². The maximum atomic E-state index is 11.8. The van der Waals surface area contributed by atoms with Gasteiger partial charge in [0.05, 0.1) is 10.7 Å². The molecule has 0 radical (unpaired) electrons. The van der Waals surface area contributed by atoms with Crippen LogP contribution in [0.2, 0.25) is 0 Å². The molecule has 0 bridgehead atoms. The fraction of sp³-hybridized carbons (Fsp3) is 0.571. The molecule has 98 valence electrons. The first-order valence-electron chi connectivity index (χ1n) is 6.35. The molecule has 3 nitrogen and oxygen atoms in total. The quantitative estimate of drug-likeness (QED) is 0.852. The summed E-state index contributed by atoms with van der Waals surface area (Å²) in [6.45, 7) is 6.47. The molecular weight excluding hydrogens is 244 g/mol. The maximum Gasteiger partial charge on any atom is 0.244 e. The lowest BCUT2D eigenvalue weighted by molar-refractivity contribution is -0.117. The molecule has 0 aromatic carbocycles. The van der Waals surface area contributed by atoms with Gasteiger partial charge in [-0.25, -0.2) is 4.98 Å². The molecule has 1 amide bonds. The normalized spacial score (nSPS) is 22.5. The SMILES string of the molecule is Cc1nc(/C=C/C(=O)NC2CCC(C)(C)C2)cs1. The number of aromatic nitrogens is 1. The van der Waals surface area contributed by atoms with Crippen LogP contribution in [0.15, 0.2) is 11.5 Å². The Bertz CT molecular complexity index is 462. The van der Waals surface area contributed by atoms with Crippen LogP contribution in [0.1, 0.15) is 43.8 Å². The summed E-state index contributed by atoms with van der Waals surface area (Å²) in [6, 6.07) is 0.328. The van der Waals surface area contributed by atoms with Gasteiger partial charge in [-0.2, -0.15) is 0 Å². The molecule has 1 N–H and O–H groups in total. The van der Waals surface area contributed by atoms with E-state index < -0.39 is 0 Å². The van der Waals surface area contributed by atoms with E-state index in [0.29, 0.717) is 11.5 Å². The number of amides is 1. The molecule has 1 aliphatic carbocycles. The first-order chi connectivity index (χ1) is 8.44. The Balaban J connectivity index is 1.84. The average molecular weight is 264 g/mol. The van der Waals surface area contributed by atoms with Gasteiger partial charge in [0.25, 0.3) is 0 Å². The molecule has 18 heavy (non-hydrogen) atoms. The second kappa shape index (κ2) is 5.22. The van der Waals surface area contributed by atoms with Gasteiger partial charge < -0.3 is 5.32 Å². The average Bonchev–Trinajstić information content (AvgIpc) is 2.82. The third-order valence-corrected chi connectivity index (χ3v) is 4.15. The second-order valence-corrected chi connectivity index (χ2v) is 6.80. The minimum Gasteiger partial charge on any atom is -0.350 e. The zero-order valence-electron chi connectivity index (χ0n) is 11.2. The summed E-state index contributed by atoms with van der Waals surface area (Å²) in [5, 5.41) is 6.04. The highest BCUT2D eigenvalue weighted by Crippen LogP contribution is 2.36. The Morgan fingerprint density at radius 3 is 2.94 bits per heavy atom. The summed E-state index contributed by atoms with van der Waals surface area (Å²) < 4.78 is 0. The molecule has 1 aromatic heterocycles. The molecule has 1 unspecified atom stereocenters. The molecule has 2 rings (SSSR count). The molecule has 4 heteroatoms. The molecule has 0 aliphatic heterocycles. The van der Waals surface area contributed by atoms with Crippen LogP contribution in [0.4, 0.5) is 0 Å². The number of hydrogen-bond donors (Lipinski definition) is 1. The van der Waals surface area contributed by atoms with Crippen molar-refractivity contribution in [3.05, 3.63) is 22.2 Å². The van der Waals surface area contributed by atoms with Crippen molar-refractivity contribution >= 4 is 23.3 Å². The maximum absolute atomic E-state index is 11.8. The van der Waals surface area contributed by atoms with E-state index >= 15 is 0 Å².